The van der Waals surface area contributed by atoms with Crippen LogP contribution in [0.1, 0.15) is 0 Å². The molecule has 0 radical (unpaired) electrons. The molecule has 0 atom stereocenters. The van der Waals surface area contributed by atoms with E-state index in [1.165, 1.54) is 0 Å². The van der Waals surface area contributed by atoms with E-state index in [-0.39, 0.29) is 0 Å². The smallest absolute Gasteiger partial charge is 0.0755 e. The van der Waals surface area contributed by atoms with Crippen LogP contribution in [0, 0.1) is 0 Å². The summed E-state index contributed by atoms with van der Waals surface area (Å²) in [5.74, 6) is 0. The maximum atomic E-state index is 4.97. The van der Waals surface area contributed by atoms with Crippen LogP contribution in [0.3, 0.4) is 0 Å². The average molecular weight is 116 g/mol. The van der Waals surface area contributed by atoms with Crippen molar-refractivity contribution in [1.29, 1.82) is 0 Å². The second-order valence-corrected chi connectivity index (χ2v) is 2.11. The Morgan fingerprint density at radius 3 is 2.38 bits per heavy atom. The summed E-state index contributed by atoms with van der Waals surface area (Å²) < 4.78 is 0. The molecule has 0 aromatic carbocycles. The lowest BCUT2D eigenvalue weighted by molar-refractivity contribution is -0.120. The molecule has 1 aliphatic heterocycles. The topological polar surface area (TPSA) is 15.7 Å². The van der Waals surface area contributed by atoms with Crippen LogP contribution in [-0.2, 0) is 4.84 Å². The van der Waals surface area contributed by atoms with Crippen molar-refractivity contribution in [2.45, 2.75) is 0 Å². The van der Waals surface area contributed by atoms with Gasteiger partial charge >= 0.3 is 0 Å². The zero-order chi connectivity index (χ0) is 5.98. The van der Waals surface area contributed by atoms with E-state index >= 15 is 0 Å². The highest BCUT2D eigenvalue weighted by atomic mass is 16.7. The van der Waals surface area contributed by atoms with Gasteiger partial charge < -0.3 is 4.84 Å². The van der Waals surface area contributed by atoms with E-state index in [2.05, 4.69) is 11.9 Å². The molecule has 0 aromatic rings. The molecule has 0 spiro atoms. The van der Waals surface area contributed by atoms with Gasteiger partial charge in [0.1, 0.15) is 0 Å². The third-order valence-corrected chi connectivity index (χ3v) is 1.39. The zero-order valence-electron chi connectivity index (χ0n) is 5.42. The molecule has 0 amide bonds. The number of nitrogens with zero attached hydrogens (tertiary/aromatic N) is 2. The van der Waals surface area contributed by atoms with Gasteiger partial charge in [0, 0.05) is 13.1 Å². The van der Waals surface area contributed by atoms with Gasteiger partial charge in [-0.25, -0.2) is 0 Å². The highest BCUT2D eigenvalue weighted by Gasteiger charge is 2.14. The van der Waals surface area contributed by atoms with Crippen molar-refractivity contribution in [2.75, 3.05) is 33.9 Å². The lowest BCUT2D eigenvalue weighted by Gasteiger charge is -2.10. The molecule has 0 N–H and O–H groups in total. The minimum absolute atomic E-state index is 0.941. The lowest BCUT2D eigenvalue weighted by Crippen LogP contribution is -2.21. The average Bonchev–Trinajstić information content (AvgIpc) is 2.14. The maximum Gasteiger partial charge on any atom is 0.0755 e. The van der Waals surface area contributed by atoms with Crippen LogP contribution in [0.5, 0.6) is 0 Å². The number of likely N-dealkylation sites (N-methyl/N-ethyl adjacent to an activating group) is 1. The molecule has 0 aromatic heterocycles. The summed E-state index contributed by atoms with van der Waals surface area (Å²) in [4.78, 5) is 7.18. The van der Waals surface area contributed by atoms with E-state index in [1.54, 1.807) is 7.11 Å². The summed E-state index contributed by atoms with van der Waals surface area (Å²) in [6, 6.07) is 0. The first kappa shape index (κ1) is 6.01. The standard InChI is InChI=1S/C5H12N2O/c1-6-3-4-7(5-6)8-2/h3-5H2,1-2H3. The van der Waals surface area contributed by atoms with Gasteiger partial charge in [-0.2, -0.15) is 5.06 Å². The Kier molecular flexibility index (Phi) is 1.83. The van der Waals surface area contributed by atoms with Gasteiger partial charge in [0.2, 0.25) is 0 Å². The molecule has 48 valence electrons. The quantitative estimate of drug-likeness (QED) is 0.470. The van der Waals surface area contributed by atoms with Gasteiger partial charge in [0.25, 0.3) is 0 Å². The Hall–Kier alpha value is -0.120. The summed E-state index contributed by atoms with van der Waals surface area (Å²) in [5, 5.41) is 1.93. The zero-order valence-corrected chi connectivity index (χ0v) is 5.42. The molecule has 1 heterocycles. The summed E-state index contributed by atoms with van der Waals surface area (Å²) in [5.41, 5.74) is 0. The van der Waals surface area contributed by atoms with E-state index in [1.807, 2.05) is 5.06 Å². The molecule has 1 rings (SSSR count). The number of hydrogen-bond acceptors (Lipinski definition) is 3. The second kappa shape index (κ2) is 2.44. The molecule has 1 aliphatic rings. The van der Waals surface area contributed by atoms with E-state index in [0.29, 0.717) is 0 Å². The monoisotopic (exact) mass is 116 g/mol. The van der Waals surface area contributed by atoms with Crippen LogP contribution in [0.25, 0.3) is 0 Å². The van der Waals surface area contributed by atoms with Crippen molar-refractivity contribution >= 4 is 0 Å². The fourth-order valence-corrected chi connectivity index (χ4v) is 0.842. The normalized spacial score (nSPS) is 24.8. The van der Waals surface area contributed by atoms with E-state index in [0.717, 1.165) is 19.8 Å². The van der Waals surface area contributed by atoms with Crippen molar-refractivity contribution < 1.29 is 4.84 Å². The summed E-state index contributed by atoms with van der Waals surface area (Å²) in [6.45, 7) is 3.09. The van der Waals surface area contributed by atoms with Crippen LogP contribution >= 0.6 is 0 Å². The predicted octanol–water partition coefficient (Wildman–Crippen LogP) is -0.247. The molecule has 8 heavy (non-hydrogen) atoms. The first-order valence-corrected chi connectivity index (χ1v) is 2.80. The minimum atomic E-state index is 0.941. The van der Waals surface area contributed by atoms with Crippen LogP contribution in [0.4, 0.5) is 0 Å². The van der Waals surface area contributed by atoms with Gasteiger partial charge in [0.05, 0.1) is 13.8 Å². The summed E-state index contributed by atoms with van der Waals surface area (Å²) in [6.07, 6.45) is 0. The van der Waals surface area contributed by atoms with E-state index < -0.39 is 0 Å². The van der Waals surface area contributed by atoms with E-state index in [9.17, 15) is 0 Å². The van der Waals surface area contributed by atoms with Crippen LogP contribution in [0.15, 0.2) is 0 Å². The van der Waals surface area contributed by atoms with E-state index in [4.69, 9.17) is 4.84 Å². The number of rotatable bonds is 1. The summed E-state index contributed by atoms with van der Waals surface area (Å²) >= 11 is 0. The SMILES string of the molecule is CON1CCN(C)C1. The largest absolute Gasteiger partial charge is 0.301 e. The van der Waals surface area contributed by atoms with Gasteiger partial charge in [-0.3, -0.25) is 4.90 Å². The van der Waals surface area contributed by atoms with Crippen molar-refractivity contribution in [3.63, 3.8) is 0 Å². The van der Waals surface area contributed by atoms with Crippen molar-refractivity contribution in [3.05, 3.63) is 0 Å². The highest BCUT2D eigenvalue weighted by Crippen LogP contribution is 1.99. The van der Waals surface area contributed by atoms with Crippen LogP contribution in [-0.4, -0.2) is 43.9 Å². The molecular weight excluding hydrogens is 104 g/mol. The van der Waals surface area contributed by atoms with Crippen molar-refractivity contribution in [3.8, 4) is 0 Å². The summed E-state index contributed by atoms with van der Waals surface area (Å²) in [7, 11) is 3.79. The van der Waals surface area contributed by atoms with Gasteiger partial charge in [0.15, 0.2) is 0 Å². The fraction of sp³-hybridized carbons (Fsp3) is 1.00. The highest BCUT2D eigenvalue weighted by molar-refractivity contribution is 4.59. The Balaban J connectivity index is 2.22. The van der Waals surface area contributed by atoms with Crippen LogP contribution in [0.2, 0.25) is 0 Å². The van der Waals surface area contributed by atoms with Crippen molar-refractivity contribution in [1.82, 2.24) is 9.96 Å². The third kappa shape index (κ3) is 1.18. The van der Waals surface area contributed by atoms with Gasteiger partial charge in [-0.1, -0.05) is 0 Å². The maximum absolute atomic E-state index is 4.97. The van der Waals surface area contributed by atoms with Crippen molar-refractivity contribution in [2.24, 2.45) is 0 Å². The van der Waals surface area contributed by atoms with Crippen LogP contribution < -0.4 is 0 Å². The molecule has 1 fully saturated rings. The third-order valence-electron chi connectivity index (χ3n) is 1.39. The number of hydrogen-bond donors (Lipinski definition) is 0. The Bertz CT molecular complexity index is 76.8. The van der Waals surface area contributed by atoms with Gasteiger partial charge in [-0.05, 0) is 7.05 Å². The first-order chi connectivity index (χ1) is 3.83. The second-order valence-electron chi connectivity index (χ2n) is 2.11. The predicted molar refractivity (Wildman–Crippen MR) is 31.2 cm³/mol. The van der Waals surface area contributed by atoms with Gasteiger partial charge in [-0.15, -0.1) is 0 Å². The molecule has 0 unspecified atom stereocenters. The fourth-order valence-electron chi connectivity index (χ4n) is 0.842. The lowest BCUT2D eigenvalue weighted by atomic mass is 10.7. The Morgan fingerprint density at radius 1 is 1.38 bits per heavy atom. The minimum Gasteiger partial charge on any atom is -0.301 e. The molecule has 3 heteroatoms. The molecule has 1 saturated heterocycles. The Morgan fingerprint density at radius 2 is 2.12 bits per heavy atom. The molecule has 3 nitrogen and oxygen atoms in total. The molecule has 0 bridgehead atoms. The number of hydroxylamine groups is 2. The molecule has 0 saturated carbocycles. The Labute approximate surface area is 49.8 Å². The molecule has 0 aliphatic carbocycles. The first-order valence-electron chi connectivity index (χ1n) is 2.80. The molecular formula is C5H12N2O.